The second-order valence-electron chi connectivity index (χ2n) is 6.13. The summed E-state index contributed by atoms with van der Waals surface area (Å²) in [5, 5.41) is 6.70. The lowest BCUT2D eigenvalue weighted by molar-refractivity contribution is 0.0490. The molecule has 0 aliphatic carbocycles. The molecule has 0 aliphatic rings. The molecule has 2 aromatic heterocycles. The fraction of sp³-hybridized carbons (Fsp3) is 0.300. The normalized spacial score (nSPS) is 12.0. The number of aromatic nitrogens is 3. The van der Waals surface area contributed by atoms with Gasteiger partial charge in [-0.1, -0.05) is 32.1 Å². The average Bonchev–Trinajstić information content (AvgIpc) is 3.09. The molecule has 0 bridgehead atoms. The van der Waals surface area contributed by atoms with Crippen LogP contribution in [-0.4, -0.2) is 40.4 Å². The van der Waals surface area contributed by atoms with Crippen molar-refractivity contribution in [2.75, 3.05) is 19.5 Å². The number of fused-ring (bicyclic) bond motifs is 1. The largest absolute Gasteiger partial charge is 0.461 e. The Bertz CT molecular complexity index is 975. The first kappa shape index (κ1) is 21.7. The van der Waals surface area contributed by atoms with Crippen molar-refractivity contribution in [3.63, 3.8) is 0 Å². The van der Waals surface area contributed by atoms with Crippen LogP contribution in [0.3, 0.4) is 0 Å². The third-order valence-corrected chi connectivity index (χ3v) is 4.05. The Balaban J connectivity index is 2.49. The molecule has 0 fully saturated rings. The van der Waals surface area contributed by atoms with Crippen molar-refractivity contribution in [3.8, 4) is 0 Å². The molecule has 0 atom stereocenters. The number of rotatable bonds is 8. The smallest absolute Gasteiger partial charge is 0.411 e. The van der Waals surface area contributed by atoms with Crippen molar-refractivity contribution in [1.82, 2.24) is 19.9 Å². The Morgan fingerprint density at radius 3 is 2.79 bits per heavy atom. The molecule has 0 aromatic carbocycles. The number of allylic oxidation sites excluding steroid dienone is 5. The van der Waals surface area contributed by atoms with Gasteiger partial charge in [-0.25, -0.2) is 19.1 Å². The summed E-state index contributed by atoms with van der Waals surface area (Å²) in [6, 6.07) is 1.64. The second kappa shape index (κ2) is 10.1. The summed E-state index contributed by atoms with van der Waals surface area (Å²) >= 11 is 0. The zero-order valence-corrected chi connectivity index (χ0v) is 16.8. The second-order valence-corrected chi connectivity index (χ2v) is 6.13. The van der Waals surface area contributed by atoms with E-state index in [1.165, 1.54) is 18.0 Å². The molecule has 1 amide bonds. The minimum Gasteiger partial charge on any atom is -0.461 e. The van der Waals surface area contributed by atoms with Crippen LogP contribution in [0, 0.1) is 0 Å². The molecule has 0 spiro atoms. The number of hydrogen-bond acceptors (Lipinski definition) is 7. The lowest BCUT2D eigenvalue weighted by atomic mass is 10.1. The molecular formula is C20H25N5O4. The quantitative estimate of drug-likeness (QED) is 0.397. The Hall–Kier alpha value is -3.62. The summed E-state index contributed by atoms with van der Waals surface area (Å²) in [6.07, 6.45) is 7.40. The summed E-state index contributed by atoms with van der Waals surface area (Å²) in [5.74, 6) is -0.288. The van der Waals surface area contributed by atoms with Gasteiger partial charge in [0.2, 0.25) is 0 Å². The maximum absolute atomic E-state index is 12.5. The van der Waals surface area contributed by atoms with Crippen LogP contribution in [0.1, 0.15) is 42.7 Å². The number of anilines is 1. The molecule has 0 radical (unpaired) electrons. The van der Waals surface area contributed by atoms with E-state index in [-0.39, 0.29) is 11.5 Å². The van der Waals surface area contributed by atoms with Crippen LogP contribution in [0.4, 0.5) is 10.6 Å². The highest BCUT2D eigenvalue weighted by atomic mass is 16.5. The first-order valence-corrected chi connectivity index (χ1v) is 9.08. The third-order valence-electron chi connectivity index (χ3n) is 4.05. The molecule has 2 aromatic rings. The average molecular weight is 399 g/mol. The summed E-state index contributed by atoms with van der Waals surface area (Å²) in [5.41, 5.74) is 8.58. The molecule has 2 rings (SSSR count). The van der Waals surface area contributed by atoms with E-state index in [4.69, 9.17) is 10.5 Å². The molecular weight excluding hydrogens is 374 g/mol. The summed E-state index contributed by atoms with van der Waals surface area (Å²) in [7, 11) is 1.28. The van der Waals surface area contributed by atoms with Gasteiger partial charge in [0.05, 0.1) is 13.7 Å². The SMILES string of the molecule is C=C/C(=C\C=C(/C)NC(=O)OC)c1cc(C(=O)OCCCC)n2ncnc(N)c12. The van der Waals surface area contributed by atoms with Gasteiger partial charge in [-0.2, -0.15) is 5.10 Å². The maximum Gasteiger partial charge on any atom is 0.411 e. The Labute approximate surface area is 168 Å². The lowest BCUT2D eigenvalue weighted by Crippen LogP contribution is -2.20. The van der Waals surface area contributed by atoms with Gasteiger partial charge in [-0.05, 0) is 31.1 Å². The summed E-state index contributed by atoms with van der Waals surface area (Å²) in [6.45, 7) is 7.87. The van der Waals surface area contributed by atoms with E-state index < -0.39 is 12.1 Å². The van der Waals surface area contributed by atoms with Crippen molar-refractivity contribution >= 4 is 29.0 Å². The number of unbranched alkanes of at least 4 members (excludes halogenated alkanes) is 1. The highest BCUT2D eigenvalue weighted by molar-refractivity contribution is 5.97. The van der Waals surface area contributed by atoms with E-state index in [0.29, 0.717) is 29.0 Å². The van der Waals surface area contributed by atoms with Crippen LogP contribution in [-0.2, 0) is 9.47 Å². The van der Waals surface area contributed by atoms with Crippen LogP contribution < -0.4 is 11.1 Å². The molecule has 154 valence electrons. The van der Waals surface area contributed by atoms with Gasteiger partial charge in [0, 0.05) is 11.3 Å². The van der Waals surface area contributed by atoms with Crippen molar-refractivity contribution in [2.24, 2.45) is 0 Å². The molecule has 2 heterocycles. The number of ether oxygens (including phenoxy) is 2. The van der Waals surface area contributed by atoms with Gasteiger partial charge in [0.15, 0.2) is 11.5 Å². The number of nitrogens with two attached hydrogens (primary N) is 1. The summed E-state index contributed by atoms with van der Waals surface area (Å²) in [4.78, 5) is 27.9. The highest BCUT2D eigenvalue weighted by Gasteiger charge is 2.20. The van der Waals surface area contributed by atoms with E-state index in [1.54, 1.807) is 31.2 Å². The molecule has 0 saturated carbocycles. The minimum atomic E-state index is -0.573. The lowest BCUT2D eigenvalue weighted by Gasteiger charge is -2.05. The highest BCUT2D eigenvalue weighted by Crippen LogP contribution is 2.28. The number of esters is 1. The van der Waals surface area contributed by atoms with Crippen molar-refractivity contribution in [3.05, 3.63) is 54.2 Å². The molecule has 29 heavy (non-hydrogen) atoms. The van der Waals surface area contributed by atoms with Gasteiger partial charge in [-0.15, -0.1) is 0 Å². The van der Waals surface area contributed by atoms with E-state index in [2.05, 4.69) is 26.7 Å². The van der Waals surface area contributed by atoms with Gasteiger partial charge in [0.25, 0.3) is 0 Å². The molecule has 0 saturated heterocycles. The predicted molar refractivity (Wildman–Crippen MR) is 110 cm³/mol. The van der Waals surface area contributed by atoms with E-state index in [0.717, 1.165) is 12.8 Å². The first-order chi connectivity index (χ1) is 13.9. The number of nitrogen functional groups attached to an aromatic ring is 1. The van der Waals surface area contributed by atoms with Gasteiger partial charge in [-0.3, -0.25) is 5.32 Å². The van der Waals surface area contributed by atoms with Crippen molar-refractivity contribution < 1.29 is 19.1 Å². The zero-order chi connectivity index (χ0) is 21.4. The Morgan fingerprint density at radius 2 is 2.14 bits per heavy atom. The van der Waals surface area contributed by atoms with Crippen molar-refractivity contribution in [2.45, 2.75) is 26.7 Å². The predicted octanol–water partition coefficient (Wildman–Crippen LogP) is 3.10. The number of methoxy groups -OCH3 is 1. The number of nitrogens with one attached hydrogen (secondary N) is 1. The van der Waals surface area contributed by atoms with Crippen molar-refractivity contribution in [1.29, 1.82) is 0 Å². The van der Waals surface area contributed by atoms with E-state index >= 15 is 0 Å². The van der Waals surface area contributed by atoms with Crippen LogP contribution in [0.15, 0.2) is 42.9 Å². The molecule has 9 heteroatoms. The minimum absolute atomic E-state index is 0.212. The standard InChI is InChI=1S/C20H25N5O4/c1-5-7-10-29-19(26)16-11-15(17-18(21)22-12-23-25(16)17)14(6-2)9-8-13(3)24-20(27)28-4/h6,8-9,11-12H,2,5,7,10H2,1,3-4H3,(H,24,27)(H2,21,22,23)/b13-8+,14-9+. The van der Waals surface area contributed by atoms with Crippen LogP contribution in [0.25, 0.3) is 11.1 Å². The fourth-order valence-electron chi connectivity index (χ4n) is 2.55. The first-order valence-electron chi connectivity index (χ1n) is 9.08. The number of carbonyl (C=O) groups is 2. The van der Waals surface area contributed by atoms with Gasteiger partial charge in [0.1, 0.15) is 11.8 Å². The zero-order valence-electron chi connectivity index (χ0n) is 16.8. The number of carbonyl (C=O) groups excluding carboxylic acids is 2. The Kier molecular flexibility index (Phi) is 7.53. The van der Waals surface area contributed by atoms with E-state index in [1.807, 2.05) is 6.92 Å². The summed E-state index contributed by atoms with van der Waals surface area (Å²) < 4.78 is 11.3. The van der Waals surface area contributed by atoms with E-state index in [9.17, 15) is 9.59 Å². The molecule has 9 nitrogen and oxygen atoms in total. The fourth-order valence-corrected chi connectivity index (χ4v) is 2.55. The maximum atomic E-state index is 12.5. The number of nitrogens with zero attached hydrogens (tertiary/aromatic N) is 3. The van der Waals surface area contributed by atoms with Gasteiger partial charge < -0.3 is 15.2 Å². The molecule has 3 N–H and O–H groups in total. The van der Waals surface area contributed by atoms with Gasteiger partial charge >= 0.3 is 12.1 Å². The number of alkyl carbamates (subject to hydrolysis) is 1. The topological polar surface area (TPSA) is 121 Å². The molecule has 0 unspecified atom stereocenters. The Morgan fingerprint density at radius 1 is 1.38 bits per heavy atom. The number of hydrogen-bond donors (Lipinski definition) is 2. The van der Waals surface area contributed by atoms with Crippen LogP contribution >= 0.6 is 0 Å². The third kappa shape index (κ3) is 5.22. The van der Waals surface area contributed by atoms with Crippen LogP contribution in [0.2, 0.25) is 0 Å². The molecule has 0 aliphatic heterocycles. The number of amides is 1. The monoisotopic (exact) mass is 399 g/mol. The van der Waals surface area contributed by atoms with Crippen LogP contribution in [0.5, 0.6) is 0 Å².